The van der Waals surface area contributed by atoms with Gasteiger partial charge in [0.25, 0.3) is 0 Å². The maximum absolute atomic E-state index is 8.34. The van der Waals surface area contributed by atoms with E-state index >= 15 is 0 Å². The van der Waals surface area contributed by atoms with Gasteiger partial charge in [-0.05, 0) is 37.1 Å². The van der Waals surface area contributed by atoms with E-state index in [9.17, 15) is 0 Å². The minimum absolute atomic E-state index is 0.703. The van der Waals surface area contributed by atoms with E-state index in [0.717, 1.165) is 31.6 Å². The van der Waals surface area contributed by atoms with Gasteiger partial charge in [-0.2, -0.15) is 5.26 Å². The van der Waals surface area contributed by atoms with Crippen molar-refractivity contribution in [2.75, 3.05) is 12.4 Å². The van der Waals surface area contributed by atoms with Gasteiger partial charge in [-0.15, -0.1) is 0 Å². The zero-order valence-electron chi connectivity index (χ0n) is 10.3. The molecule has 0 spiro atoms. The second kappa shape index (κ2) is 9.09. The number of hydrogen-bond acceptors (Lipinski definition) is 3. The van der Waals surface area contributed by atoms with Crippen molar-refractivity contribution < 1.29 is 4.74 Å². The van der Waals surface area contributed by atoms with Crippen LogP contribution >= 0.6 is 11.8 Å². The number of unbranched alkanes of at least 4 members (excludes halogenated alkanes) is 2. The van der Waals surface area contributed by atoms with Crippen LogP contribution in [0.3, 0.4) is 0 Å². The summed E-state index contributed by atoms with van der Waals surface area (Å²) in [4.78, 5) is 0. The second-order valence-corrected chi connectivity index (χ2v) is 4.92. The fourth-order valence-corrected chi connectivity index (χ4v) is 2.03. The first kappa shape index (κ1) is 14.1. The molecule has 0 bridgehead atoms. The van der Waals surface area contributed by atoms with E-state index in [1.54, 1.807) is 0 Å². The van der Waals surface area contributed by atoms with Crippen molar-refractivity contribution in [3.05, 3.63) is 35.4 Å². The molecule has 0 unspecified atom stereocenters. The van der Waals surface area contributed by atoms with Crippen molar-refractivity contribution in [2.45, 2.75) is 32.8 Å². The van der Waals surface area contributed by atoms with Crippen LogP contribution in [0.2, 0.25) is 0 Å². The summed E-state index contributed by atoms with van der Waals surface area (Å²) in [5.74, 6) is 0.939. The van der Waals surface area contributed by atoms with Crippen LogP contribution < -0.4 is 0 Å². The van der Waals surface area contributed by atoms with Gasteiger partial charge in [-0.3, -0.25) is 0 Å². The number of hydrogen-bond donors (Lipinski definition) is 0. The molecule has 0 amide bonds. The average molecular weight is 249 g/mol. The number of ether oxygens (including phenoxy) is 1. The molecule has 0 radical (unpaired) electrons. The van der Waals surface area contributed by atoms with Crippen LogP contribution in [0.25, 0.3) is 0 Å². The van der Waals surface area contributed by atoms with E-state index in [4.69, 9.17) is 10.00 Å². The van der Waals surface area contributed by atoms with Crippen molar-refractivity contribution in [3.8, 4) is 5.40 Å². The van der Waals surface area contributed by atoms with Gasteiger partial charge in [0, 0.05) is 12.4 Å². The molecule has 92 valence electrons. The molecule has 1 rings (SSSR count). The Hall–Kier alpha value is -0.980. The zero-order chi connectivity index (χ0) is 12.3. The van der Waals surface area contributed by atoms with Gasteiger partial charge >= 0.3 is 0 Å². The third kappa shape index (κ3) is 7.04. The van der Waals surface area contributed by atoms with Gasteiger partial charge in [0.05, 0.1) is 6.61 Å². The molecule has 2 nitrogen and oxygen atoms in total. The number of aryl methyl sites for hydroxylation is 1. The minimum Gasteiger partial charge on any atom is -0.377 e. The third-order valence-electron chi connectivity index (χ3n) is 2.45. The molecule has 0 saturated heterocycles. The Morgan fingerprint density at radius 2 is 2.18 bits per heavy atom. The number of nitriles is 1. The lowest BCUT2D eigenvalue weighted by atomic mass is 10.1. The number of thioether (sulfide) groups is 1. The topological polar surface area (TPSA) is 33.0 Å². The maximum Gasteiger partial charge on any atom is 0.133 e. The lowest BCUT2D eigenvalue weighted by molar-refractivity contribution is 0.117. The predicted molar refractivity (Wildman–Crippen MR) is 72.8 cm³/mol. The molecular weight excluding hydrogens is 230 g/mol. The van der Waals surface area contributed by atoms with Gasteiger partial charge in [0.1, 0.15) is 5.40 Å². The van der Waals surface area contributed by atoms with Gasteiger partial charge in [-0.25, -0.2) is 0 Å². The molecule has 0 N–H and O–H groups in total. The summed E-state index contributed by atoms with van der Waals surface area (Å²) in [7, 11) is 0. The molecule has 1 aromatic rings. The van der Waals surface area contributed by atoms with E-state index in [1.807, 2.05) is 0 Å². The fraction of sp³-hybridized carbons (Fsp3) is 0.500. The van der Waals surface area contributed by atoms with E-state index in [-0.39, 0.29) is 0 Å². The molecule has 17 heavy (non-hydrogen) atoms. The highest BCUT2D eigenvalue weighted by Crippen LogP contribution is 2.07. The molecule has 0 saturated carbocycles. The second-order valence-electron chi connectivity index (χ2n) is 4.04. The molecule has 3 heteroatoms. The summed E-state index contributed by atoms with van der Waals surface area (Å²) in [6, 6.07) is 8.41. The monoisotopic (exact) mass is 249 g/mol. The molecule has 0 aliphatic heterocycles. The summed E-state index contributed by atoms with van der Waals surface area (Å²) in [5.41, 5.74) is 2.52. The number of benzene rings is 1. The van der Waals surface area contributed by atoms with Crippen LogP contribution in [0.15, 0.2) is 24.3 Å². The Labute approximate surface area is 108 Å². The number of nitrogens with zero attached hydrogens (tertiary/aromatic N) is 1. The van der Waals surface area contributed by atoms with E-state index in [2.05, 4.69) is 36.6 Å². The SMILES string of the molecule is Cc1cccc(COCCCCCSC#N)c1. The number of rotatable bonds is 8. The minimum atomic E-state index is 0.703. The first-order chi connectivity index (χ1) is 8.33. The smallest absolute Gasteiger partial charge is 0.133 e. The zero-order valence-corrected chi connectivity index (χ0v) is 11.1. The highest BCUT2D eigenvalue weighted by molar-refractivity contribution is 8.03. The van der Waals surface area contributed by atoms with E-state index < -0.39 is 0 Å². The third-order valence-corrected chi connectivity index (χ3v) is 3.07. The molecule has 0 aromatic heterocycles. The summed E-state index contributed by atoms with van der Waals surface area (Å²) < 4.78 is 5.61. The molecule has 0 aliphatic rings. The van der Waals surface area contributed by atoms with Crippen molar-refractivity contribution in [1.82, 2.24) is 0 Å². The molecule has 0 aliphatic carbocycles. The van der Waals surface area contributed by atoms with E-state index in [1.165, 1.54) is 22.9 Å². The lowest BCUT2D eigenvalue weighted by Crippen LogP contribution is -1.96. The first-order valence-corrected chi connectivity index (χ1v) is 6.95. The van der Waals surface area contributed by atoms with Crippen LogP contribution in [0.1, 0.15) is 30.4 Å². The molecule has 0 heterocycles. The van der Waals surface area contributed by atoms with Crippen LogP contribution in [0, 0.1) is 17.6 Å². The summed E-state index contributed by atoms with van der Waals surface area (Å²) >= 11 is 1.34. The predicted octanol–water partition coefficient (Wildman–Crippen LogP) is 3.90. The van der Waals surface area contributed by atoms with Gasteiger partial charge in [0.15, 0.2) is 0 Å². The summed E-state index contributed by atoms with van der Waals surface area (Å²) in [5, 5.41) is 10.4. The highest BCUT2D eigenvalue weighted by atomic mass is 32.2. The van der Waals surface area contributed by atoms with Crippen molar-refractivity contribution in [2.24, 2.45) is 0 Å². The van der Waals surface area contributed by atoms with Gasteiger partial charge in [0.2, 0.25) is 0 Å². The Kier molecular flexibility index (Phi) is 7.53. The number of thiocyanates is 1. The van der Waals surface area contributed by atoms with Crippen LogP contribution in [-0.2, 0) is 11.3 Å². The largest absolute Gasteiger partial charge is 0.377 e. The molecular formula is C14H19NOS. The summed E-state index contributed by atoms with van der Waals surface area (Å²) in [6.45, 7) is 3.61. The summed E-state index contributed by atoms with van der Waals surface area (Å²) in [6.07, 6.45) is 3.33. The van der Waals surface area contributed by atoms with Crippen LogP contribution in [-0.4, -0.2) is 12.4 Å². The first-order valence-electron chi connectivity index (χ1n) is 5.97. The molecule has 0 atom stereocenters. The van der Waals surface area contributed by atoms with Crippen molar-refractivity contribution in [1.29, 1.82) is 5.26 Å². The quantitative estimate of drug-likeness (QED) is 0.517. The fourth-order valence-electron chi connectivity index (χ4n) is 1.59. The Morgan fingerprint density at radius 3 is 2.94 bits per heavy atom. The van der Waals surface area contributed by atoms with Crippen molar-refractivity contribution >= 4 is 11.8 Å². The standard InChI is InChI=1S/C14H19NOS/c1-13-6-5-7-14(10-13)11-16-8-3-2-4-9-17-12-15/h5-7,10H,2-4,8-9,11H2,1H3. The maximum atomic E-state index is 8.34. The lowest BCUT2D eigenvalue weighted by Gasteiger charge is -2.04. The Morgan fingerprint density at radius 1 is 1.29 bits per heavy atom. The van der Waals surface area contributed by atoms with E-state index in [0.29, 0.717) is 6.61 Å². The van der Waals surface area contributed by atoms with Crippen LogP contribution in [0.5, 0.6) is 0 Å². The molecule has 0 fully saturated rings. The van der Waals surface area contributed by atoms with Crippen LogP contribution in [0.4, 0.5) is 0 Å². The average Bonchev–Trinajstić information content (AvgIpc) is 2.33. The molecule has 1 aromatic carbocycles. The normalized spacial score (nSPS) is 10.1. The Balaban J connectivity index is 1.99. The Bertz CT molecular complexity index is 359. The van der Waals surface area contributed by atoms with Gasteiger partial charge in [-0.1, -0.05) is 36.2 Å². The van der Waals surface area contributed by atoms with Gasteiger partial charge < -0.3 is 4.74 Å². The van der Waals surface area contributed by atoms with Crippen molar-refractivity contribution in [3.63, 3.8) is 0 Å². The highest BCUT2D eigenvalue weighted by Gasteiger charge is 1.94.